The van der Waals surface area contributed by atoms with Gasteiger partial charge < -0.3 is 10.0 Å². The van der Waals surface area contributed by atoms with Gasteiger partial charge in [-0.05, 0) is 56.4 Å². The van der Waals surface area contributed by atoms with Gasteiger partial charge >= 0.3 is 0 Å². The van der Waals surface area contributed by atoms with Crippen LogP contribution in [0.15, 0.2) is 60.7 Å². The van der Waals surface area contributed by atoms with Crippen LogP contribution in [0.1, 0.15) is 24.0 Å². The predicted octanol–water partition coefficient (Wildman–Crippen LogP) is 3.43. The molecule has 0 spiro atoms. The lowest BCUT2D eigenvalue weighted by atomic mass is 9.90. The third-order valence-corrected chi connectivity index (χ3v) is 5.36. The summed E-state index contributed by atoms with van der Waals surface area (Å²) in [6.07, 6.45) is 3.38. The predicted molar refractivity (Wildman–Crippen MR) is 108 cm³/mol. The van der Waals surface area contributed by atoms with Crippen molar-refractivity contribution in [1.82, 2.24) is 9.80 Å². The van der Waals surface area contributed by atoms with Gasteiger partial charge in [0, 0.05) is 19.6 Å². The summed E-state index contributed by atoms with van der Waals surface area (Å²) in [6, 6.07) is 21.3. The molecule has 0 aliphatic carbocycles. The van der Waals surface area contributed by atoms with Crippen molar-refractivity contribution in [2.45, 2.75) is 31.9 Å². The second kappa shape index (κ2) is 9.86. The minimum Gasteiger partial charge on any atom is -0.390 e. The number of β-amino-alcohol motifs (C(OH)–C–C–N with tert-alkyl or cyclic N) is 1. The molecule has 1 aliphatic heterocycles. The molecule has 3 rings (SSSR count). The lowest BCUT2D eigenvalue weighted by Crippen LogP contribution is -2.42. The van der Waals surface area contributed by atoms with E-state index in [1.165, 1.54) is 30.4 Å². The highest BCUT2D eigenvalue weighted by atomic mass is 16.3. The van der Waals surface area contributed by atoms with Gasteiger partial charge in [0.15, 0.2) is 0 Å². The monoisotopic (exact) mass is 352 g/mol. The number of benzene rings is 2. The number of rotatable bonds is 8. The maximum Gasteiger partial charge on any atom is 0.0793 e. The molecule has 1 saturated heterocycles. The molecule has 2 aromatic carbocycles. The summed E-state index contributed by atoms with van der Waals surface area (Å²) in [5.41, 5.74) is 2.75. The third-order valence-electron chi connectivity index (χ3n) is 5.36. The van der Waals surface area contributed by atoms with Gasteiger partial charge in [-0.15, -0.1) is 0 Å². The normalized spacial score (nSPS) is 17.5. The highest BCUT2D eigenvalue weighted by Crippen LogP contribution is 2.21. The van der Waals surface area contributed by atoms with Gasteiger partial charge in [-0.3, -0.25) is 4.90 Å². The first-order chi connectivity index (χ1) is 12.7. The van der Waals surface area contributed by atoms with Crippen LogP contribution < -0.4 is 0 Å². The Morgan fingerprint density at radius 1 is 0.962 bits per heavy atom. The number of hydrogen-bond acceptors (Lipinski definition) is 3. The average molecular weight is 353 g/mol. The smallest absolute Gasteiger partial charge is 0.0793 e. The van der Waals surface area contributed by atoms with Crippen molar-refractivity contribution in [3.05, 3.63) is 71.8 Å². The van der Waals surface area contributed by atoms with Crippen LogP contribution in [0.3, 0.4) is 0 Å². The largest absolute Gasteiger partial charge is 0.390 e. The van der Waals surface area contributed by atoms with Crippen molar-refractivity contribution in [3.8, 4) is 0 Å². The number of aliphatic hydroxyl groups is 1. The molecule has 1 heterocycles. The molecule has 1 aliphatic rings. The Labute approximate surface area is 158 Å². The van der Waals surface area contributed by atoms with Crippen LogP contribution in [0.4, 0.5) is 0 Å². The van der Waals surface area contributed by atoms with E-state index in [2.05, 4.69) is 71.4 Å². The van der Waals surface area contributed by atoms with E-state index in [9.17, 15) is 5.11 Å². The summed E-state index contributed by atoms with van der Waals surface area (Å²) in [7, 11) is 2.09. The minimum absolute atomic E-state index is 0.283. The molecule has 0 bridgehead atoms. The standard InChI is InChI=1S/C23H32N2O/c1-24(17-22-10-6-3-7-11-22)18-23(26)19-25-14-12-21(13-15-25)16-20-8-4-2-5-9-20/h2-11,21,23,26H,12-19H2,1H3. The fourth-order valence-electron chi connectivity index (χ4n) is 4.00. The fourth-order valence-corrected chi connectivity index (χ4v) is 4.00. The Morgan fingerprint density at radius 3 is 2.15 bits per heavy atom. The van der Waals surface area contributed by atoms with E-state index in [1.807, 2.05) is 6.07 Å². The Balaban J connectivity index is 1.36. The number of hydrogen-bond donors (Lipinski definition) is 1. The zero-order chi connectivity index (χ0) is 18.2. The third kappa shape index (κ3) is 6.24. The number of nitrogens with zero attached hydrogens (tertiary/aromatic N) is 2. The molecule has 1 fully saturated rings. The summed E-state index contributed by atoms with van der Waals surface area (Å²) in [5, 5.41) is 10.5. The minimum atomic E-state index is -0.283. The van der Waals surface area contributed by atoms with Gasteiger partial charge in [-0.1, -0.05) is 60.7 Å². The van der Waals surface area contributed by atoms with E-state index < -0.39 is 0 Å². The molecule has 0 amide bonds. The number of piperidine rings is 1. The molecule has 0 saturated carbocycles. The van der Waals surface area contributed by atoms with Crippen LogP contribution >= 0.6 is 0 Å². The maximum atomic E-state index is 10.5. The van der Waals surface area contributed by atoms with E-state index >= 15 is 0 Å². The van der Waals surface area contributed by atoms with Gasteiger partial charge in [-0.2, -0.15) is 0 Å². The number of likely N-dealkylation sites (N-methyl/N-ethyl adjacent to an activating group) is 1. The molecule has 0 radical (unpaired) electrons. The molecule has 26 heavy (non-hydrogen) atoms. The molecule has 1 N–H and O–H groups in total. The Morgan fingerprint density at radius 2 is 1.54 bits per heavy atom. The molecular weight excluding hydrogens is 320 g/mol. The van der Waals surface area contributed by atoms with Crippen LogP contribution in [-0.4, -0.2) is 54.2 Å². The fraction of sp³-hybridized carbons (Fsp3) is 0.478. The summed E-state index contributed by atoms with van der Waals surface area (Å²) in [5.74, 6) is 0.784. The average Bonchev–Trinajstić information content (AvgIpc) is 2.65. The molecule has 1 atom stereocenters. The van der Waals surface area contributed by atoms with E-state index in [4.69, 9.17) is 0 Å². The van der Waals surface area contributed by atoms with Gasteiger partial charge in [0.1, 0.15) is 0 Å². The molecular formula is C23H32N2O. The van der Waals surface area contributed by atoms with Gasteiger partial charge in [0.05, 0.1) is 6.10 Å². The van der Waals surface area contributed by atoms with Crippen LogP contribution in [-0.2, 0) is 13.0 Å². The van der Waals surface area contributed by atoms with Gasteiger partial charge in [0.2, 0.25) is 0 Å². The topological polar surface area (TPSA) is 26.7 Å². The summed E-state index contributed by atoms with van der Waals surface area (Å²) in [4.78, 5) is 4.64. The maximum absolute atomic E-state index is 10.5. The van der Waals surface area contributed by atoms with Crippen molar-refractivity contribution in [2.24, 2.45) is 5.92 Å². The highest BCUT2D eigenvalue weighted by molar-refractivity contribution is 5.15. The highest BCUT2D eigenvalue weighted by Gasteiger charge is 2.21. The van der Waals surface area contributed by atoms with E-state index in [0.29, 0.717) is 0 Å². The second-order valence-corrected chi connectivity index (χ2v) is 7.77. The molecule has 140 valence electrons. The van der Waals surface area contributed by atoms with Crippen molar-refractivity contribution in [1.29, 1.82) is 0 Å². The lowest BCUT2D eigenvalue weighted by Gasteiger charge is -2.34. The Kier molecular flexibility index (Phi) is 7.24. The van der Waals surface area contributed by atoms with Crippen molar-refractivity contribution < 1.29 is 5.11 Å². The number of aliphatic hydroxyl groups excluding tert-OH is 1. The summed E-state index contributed by atoms with van der Waals surface area (Å²) in [6.45, 7) is 4.61. The zero-order valence-corrected chi connectivity index (χ0v) is 15.9. The molecule has 0 aromatic heterocycles. The van der Waals surface area contributed by atoms with Crippen LogP contribution in [0.2, 0.25) is 0 Å². The summed E-state index contributed by atoms with van der Waals surface area (Å²) < 4.78 is 0. The van der Waals surface area contributed by atoms with Crippen molar-refractivity contribution >= 4 is 0 Å². The molecule has 3 heteroatoms. The van der Waals surface area contributed by atoms with Crippen molar-refractivity contribution in [3.63, 3.8) is 0 Å². The van der Waals surface area contributed by atoms with E-state index in [-0.39, 0.29) is 6.10 Å². The quantitative estimate of drug-likeness (QED) is 0.788. The van der Waals surface area contributed by atoms with Gasteiger partial charge in [-0.25, -0.2) is 0 Å². The Hall–Kier alpha value is -1.68. The molecule has 3 nitrogen and oxygen atoms in total. The first-order valence-corrected chi connectivity index (χ1v) is 9.86. The number of likely N-dealkylation sites (tertiary alicyclic amines) is 1. The first kappa shape index (κ1) is 19.1. The second-order valence-electron chi connectivity index (χ2n) is 7.77. The molecule has 2 aromatic rings. The first-order valence-electron chi connectivity index (χ1n) is 9.86. The molecule has 1 unspecified atom stereocenters. The Bertz CT molecular complexity index is 623. The summed E-state index contributed by atoms with van der Waals surface area (Å²) >= 11 is 0. The SMILES string of the molecule is CN(Cc1ccccc1)CC(O)CN1CCC(Cc2ccccc2)CC1. The van der Waals surface area contributed by atoms with Gasteiger partial charge in [0.25, 0.3) is 0 Å². The van der Waals surface area contributed by atoms with Crippen LogP contribution in [0, 0.1) is 5.92 Å². The van der Waals surface area contributed by atoms with Crippen molar-refractivity contribution in [2.75, 3.05) is 33.2 Å². The van der Waals surface area contributed by atoms with Crippen LogP contribution in [0.5, 0.6) is 0 Å². The zero-order valence-electron chi connectivity index (χ0n) is 15.9. The van der Waals surface area contributed by atoms with Crippen LogP contribution in [0.25, 0.3) is 0 Å². The van der Waals surface area contributed by atoms with E-state index in [0.717, 1.165) is 38.6 Å². The van der Waals surface area contributed by atoms with E-state index in [1.54, 1.807) is 0 Å². The lowest BCUT2D eigenvalue weighted by molar-refractivity contribution is 0.0648.